The first-order valence-electron chi connectivity index (χ1n) is 4.82. The zero-order valence-corrected chi connectivity index (χ0v) is 10.3. The van der Waals surface area contributed by atoms with Crippen molar-refractivity contribution in [2.75, 3.05) is 0 Å². The van der Waals surface area contributed by atoms with E-state index in [9.17, 15) is 0 Å². The van der Waals surface area contributed by atoms with Gasteiger partial charge in [0, 0.05) is 11.6 Å². The molecule has 0 aliphatic carbocycles. The SMILES string of the molecule is C=C.CC.c1ccccc1.c1cscn1. The third-order valence-electron chi connectivity index (χ3n) is 1.01. The normalized spacial score (nSPS) is 6.53. The van der Waals surface area contributed by atoms with Crippen molar-refractivity contribution in [1.82, 2.24) is 4.98 Å². The van der Waals surface area contributed by atoms with Crippen LogP contribution in [0.4, 0.5) is 0 Å². The Balaban J connectivity index is 0. The molecule has 1 nitrogen and oxygen atoms in total. The molecule has 1 heterocycles. The van der Waals surface area contributed by atoms with Gasteiger partial charge in [0.15, 0.2) is 0 Å². The second-order valence-electron chi connectivity index (χ2n) is 1.83. The minimum atomic E-state index is 1.60. The largest absolute Gasteiger partial charge is 0.253 e. The van der Waals surface area contributed by atoms with Crippen molar-refractivity contribution < 1.29 is 0 Å². The molecule has 0 aliphatic rings. The Labute approximate surface area is 97.1 Å². The summed E-state index contributed by atoms with van der Waals surface area (Å²) in [6.45, 7) is 10.0. The highest BCUT2D eigenvalue weighted by atomic mass is 32.1. The van der Waals surface area contributed by atoms with Gasteiger partial charge in [0.25, 0.3) is 0 Å². The van der Waals surface area contributed by atoms with Crippen LogP contribution in [0.2, 0.25) is 0 Å². The Morgan fingerprint density at radius 1 is 0.867 bits per heavy atom. The second kappa shape index (κ2) is 18.4. The first kappa shape index (κ1) is 16.0. The Hall–Kier alpha value is -1.41. The summed E-state index contributed by atoms with van der Waals surface area (Å²) in [5.41, 5.74) is 1.79. The van der Waals surface area contributed by atoms with E-state index in [0.29, 0.717) is 0 Å². The van der Waals surface area contributed by atoms with Crippen LogP contribution in [-0.4, -0.2) is 4.98 Å². The Morgan fingerprint density at radius 3 is 1.40 bits per heavy atom. The number of rotatable bonds is 0. The van der Waals surface area contributed by atoms with Gasteiger partial charge in [-0.05, 0) is 0 Å². The minimum absolute atomic E-state index is 1.60. The molecule has 0 amide bonds. The molecule has 0 radical (unpaired) electrons. The molecule has 2 heteroatoms. The molecule has 1 aromatic carbocycles. The topological polar surface area (TPSA) is 12.9 Å². The molecule has 0 unspecified atom stereocenters. The van der Waals surface area contributed by atoms with Gasteiger partial charge in [0.05, 0.1) is 5.51 Å². The third kappa shape index (κ3) is 15.4. The first-order valence-corrected chi connectivity index (χ1v) is 5.76. The van der Waals surface area contributed by atoms with Gasteiger partial charge in [-0.1, -0.05) is 50.2 Å². The predicted octanol–water partition coefficient (Wildman–Crippen LogP) is 4.66. The van der Waals surface area contributed by atoms with Crippen molar-refractivity contribution in [2.45, 2.75) is 13.8 Å². The maximum absolute atomic E-state index is 3.74. The molecule has 0 spiro atoms. The zero-order valence-electron chi connectivity index (χ0n) is 9.47. The molecule has 0 fully saturated rings. The maximum atomic E-state index is 3.74. The number of hydrogen-bond acceptors (Lipinski definition) is 2. The number of aromatic nitrogens is 1. The summed E-state index contributed by atoms with van der Waals surface area (Å²) >= 11 is 1.60. The highest BCUT2D eigenvalue weighted by molar-refractivity contribution is 7.07. The van der Waals surface area contributed by atoms with Crippen molar-refractivity contribution >= 4 is 11.3 Å². The predicted molar refractivity (Wildman–Crippen MR) is 71.2 cm³/mol. The summed E-state index contributed by atoms with van der Waals surface area (Å²) in [6.07, 6.45) is 1.77. The van der Waals surface area contributed by atoms with Crippen LogP contribution in [0.5, 0.6) is 0 Å². The quantitative estimate of drug-likeness (QED) is 0.590. The van der Waals surface area contributed by atoms with E-state index in [0.717, 1.165) is 0 Å². The summed E-state index contributed by atoms with van der Waals surface area (Å²) in [7, 11) is 0. The van der Waals surface area contributed by atoms with Crippen LogP contribution in [0.25, 0.3) is 0 Å². The lowest BCUT2D eigenvalue weighted by atomic mass is 10.4. The van der Waals surface area contributed by atoms with Gasteiger partial charge in [0.2, 0.25) is 0 Å². The fourth-order valence-electron chi connectivity index (χ4n) is 0.561. The highest BCUT2D eigenvalue weighted by Crippen LogP contribution is 1.85. The lowest BCUT2D eigenvalue weighted by Gasteiger charge is -1.69. The van der Waals surface area contributed by atoms with Crippen molar-refractivity contribution in [2.24, 2.45) is 0 Å². The highest BCUT2D eigenvalue weighted by Gasteiger charge is 1.59. The van der Waals surface area contributed by atoms with Crippen LogP contribution in [0.3, 0.4) is 0 Å². The van der Waals surface area contributed by atoms with E-state index < -0.39 is 0 Å². The molecule has 2 aromatic rings. The summed E-state index contributed by atoms with van der Waals surface area (Å²) in [5, 5.41) is 1.93. The lowest BCUT2D eigenvalue weighted by molar-refractivity contribution is 1.43. The van der Waals surface area contributed by atoms with Gasteiger partial charge in [-0.25, -0.2) is 0 Å². The fraction of sp³-hybridized carbons (Fsp3) is 0.154. The molecule has 0 atom stereocenters. The van der Waals surface area contributed by atoms with Crippen LogP contribution in [-0.2, 0) is 0 Å². The molecular formula is C13H19NS. The molecule has 0 saturated heterocycles. The number of thiazole rings is 1. The average Bonchev–Trinajstić information content (AvgIpc) is 2.95. The van der Waals surface area contributed by atoms with Crippen LogP contribution >= 0.6 is 11.3 Å². The van der Waals surface area contributed by atoms with Gasteiger partial charge in [0.1, 0.15) is 0 Å². The standard InChI is InChI=1S/C6H6.C3H3NS.C2H6.C2H4/c1-2-4-6-5-3-1;1-2-5-3-4-1;2*1-2/h1-6H;1-3H;1-2H3;1-2H2. The maximum Gasteiger partial charge on any atom is 0.0791 e. The Kier molecular flexibility index (Phi) is 19.7. The monoisotopic (exact) mass is 221 g/mol. The minimum Gasteiger partial charge on any atom is -0.253 e. The number of hydrogen-bond donors (Lipinski definition) is 0. The number of benzene rings is 1. The Bertz CT molecular complexity index is 209. The van der Waals surface area contributed by atoms with Crippen molar-refractivity contribution in [3.8, 4) is 0 Å². The summed E-state index contributed by atoms with van der Waals surface area (Å²) < 4.78 is 0. The van der Waals surface area contributed by atoms with Crippen LogP contribution in [0.1, 0.15) is 13.8 Å². The van der Waals surface area contributed by atoms with E-state index >= 15 is 0 Å². The molecule has 0 saturated carbocycles. The summed E-state index contributed by atoms with van der Waals surface area (Å²) in [5.74, 6) is 0. The lowest BCUT2D eigenvalue weighted by Crippen LogP contribution is -1.47. The molecule has 15 heavy (non-hydrogen) atoms. The van der Waals surface area contributed by atoms with Crippen LogP contribution in [0.15, 0.2) is 66.6 Å². The smallest absolute Gasteiger partial charge is 0.0791 e. The molecule has 2 rings (SSSR count). The van der Waals surface area contributed by atoms with Crippen LogP contribution in [0, 0.1) is 0 Å². The second-order valence-corrected chi connectivity index (χ2v) is 2.59. The number of nitrogens with zero attached hydrogens (tertiary/aromatic N) is 1. The molecule has 82 valence electrons. The van der Waals surface area contributed by atoms with E-state index in [1.54, 1.807) is 23.0 Å². The molecule has 0 aliphatic heterocycles. The van der Waals surface area contributed by atoms with Gasteiger partial charge in [-0.15, -0.1) is 24.5 Å². The molecule has 1 aromatic heterocycles. The molecule has 0 N–H and O–H groups in total. The fourth-order valence-corrected chi connectivity index (χ4v) is 0.912. The Morgan fingerprint density at radius 2 is 1.27 bits per heavy atom. The van der Waals surface area contributed by atoms with Gasteiger partial charge in [-0.3, -0.25) is 4.98 Å². The summed E-state index contributed by atoms with van der Waals surface area (Å²) in [6, 6.07) is 12.0. The van der Waals surface area contributed by atoms with E-state index in [1.807, 2.05) is 55.6 Å². The zero-order chi connectivity index (χ0) is 11.8. The molecular weight excluding hydrogens is 202 g/mol. The van der Waals surface area contributed by atoms with Gasteiger partial charge < -0.3 is 0 Å². The van der Waals surface area contributed by atoms with Crippen molar-refractivity contribution in [3.05, 3.63) is 66.6 Å². The average molecular weight is 221 g/mol. The van der Waals surface area contributed by atoms with Crippen molar-refractivity contribution in [1.29, 1.82) is 0 Å². The third-order valence-corrected chi connectivity index (χ3v) is 1.54. The van der Waals surface area contributed by atoms with E-state index in [-0.39, 0.29) is 0 Å². The van der Waals surface area contributed by atoms with Gasteiger partial charge in [-0.2, -0.15) is 0 Å². The van der Waals surface area contributed by atoms with Gasteiger partial charge >= 0.3 is 0 Å². The van der Waals surface area contributed by atoms with Crippen molar-refractivity contribution in [3.63, 3.8) is 0 Å². The van der Waals surface area contributed by atoms with E-state index in [2.05, 4.69) is 18.1 Å². The first-order chi connectivity index (χ1) is 7.50. The van der Waals surface area contributed by atoms with E-state index in [4.69, 9.17) is 0 Å². The van der Waals surface area contributed by atoms with E-state index in [1.165, 1.54) is 0 Å². The molecule has 0 bridgehead atoms. The summed E-state index contributed by atoms with van der Waals surface area (Å²) in [4.78, 5) is 3.74. The van der Waals surface area contributed by atoms with Crippen LogP contribution < -0.4 is 0 Å².